The van der Waals surface area contributed by atoms with Crippen LogP contribution in [0, 0.1) is 0 Å². The molecular weight excluding hydrogens is 1410 g/mol. The molecule has 10 aromatic carbocycles. The zero-order chi connectivity index (χ0) is 72.3. The Bertz CT molecular complexity index is 3610. The average molecular weight is 1520 g/mol. The maximum Gasteiger partial charge on any atom is -0.0536 e. The van der Waals surface area contributed by atoms with E-state index in [1.54, 1.807) is 0 Å². The van der Waals surface area contributed by atoms with E-state index in [1.807, 2.05) is 40.3 Å². The second-order valence-electron chi connectivity index (χ2n) is 28.8. The smallest absolute Gasteiger partial charge is 0.0536 e. The van der Waals surface area contributed by atoms with Crippen LogP contribution in [-0.4, -0.2) is 35.8 Å². The van der Waals surface area contributed by atoms with Gasteiger partial charge in [0.15, 0.2) is 0 Å². The van der Waals surface area contributed by atoms with Gasteiger partial charge in [-0.15, -0.1) is 0 Å². The van der Waals surface area contributed by atoms with Crippen LogP contribution in [-0.2, 0) is 0 Å². The molecule has 8 heteroatoms. The molecule has 0 N–H and O–H groups in total. The third-order valence-electron chi connectivity index (χ3n) is 18.7. The maximum absolute atomic E-state index is 5.41. The largest absolute Gasteiger partial charge is 0.0654 e. The number of unbranched alkanes of at least 4 members (excludes halogenated alkanes) is 3. The van der Waals surface area contributed by atoms with Crippen LogP contribution in [0.3, 0.4) is 0 Å². The molecule has 0 radical (unpaired) electrons. The van der Waals surface area contributed by atoms with E-state index in [0.717, 1.165) is 0 Å². The number of hydrogen-bond donors (Lipinski definition) is 0. The molecule has 0 aliphatic rings. The summed E-state index contributed by atoms with van der Waals surface area (Å²) in [6.45, 7) is 50.7. The molecule has 522 valence electrons. The van der Waals surface area contributed by atoms with Crippen molar-refractivity contribution >= 4 is 85.0 Å². The Kier molecular flexibility index (Phi) is 30.3. The summed E-state index contributed by atoms with van der Waals surface area (Å²) in [6, 6.07) is 85.4. The van der Waals surface area contributed by atoms with Gasteiger partial charge in [-0.2, -0.15) is 0 Å². The van der Waals surface area contributed by atoms with Crippen LogP contribution < -0.4 is 8.79 Å². The van der Waals surface area contributed by atoms with Crippen LogP contribution in [0.15, 0.2) is 258 Å². The summed E-state index contributed by atoms with van der Waals surface area (Å²) in [7, 11) is 7.92. The quantitative estimate of drug-likeness (QED) is 0.0291. The SMILES string of the molecule is C=[N][Ge]([S]c1ccccc1)([S]c1ccccc1)[c]1c(-c2c(C(C)C)cccc2C(C)C)cccc1-c1c(C(C)C)cccc1C(C)C.C=[N][Ge]([S]c1ccccc1)([S]c1ccccc1)[c]1c(-c2c(C(C)C)cccc2C(C)C)cccc1-c1c(C(C)C)cccc1C(C)C.CCCCCC. The summed E-state index contributed by atoms with van der Waals surface area (Å²) in [6.07, 6.45) is 5.54. The molecule has 10 rings (SSSR count). The minimum atomic E-state index is -3.72. The van der Waals surface area contributed by atoms with Crippen LogP contribution in [0.4, 0.5) is 0 Å². The van der Waals surface area contributed by atoms with Crippen molar-refractivity contribution < 1.29 is 0 Å². The van der Waals surface area contributed by atoms with Crippen molar-refractivity contribution in [2.45, 2.75) is 217 Å². The standard InChI is InChI=1S/2C43H49GeNS2.C6H14/c2*1-29(2)35-23-16-24-36(30(3)4)41(35)39-27-18-28-40(42-37(31(5)6)25-17-26-38(42)32(7)8)43(39)44(45-9,46-33-19-12-10-13-20-33)47-34-21-14-11-15-22-34;1-3-5-6-4-2/h2*10-32H,9H2,1-8H3;3-6H2,1-2H3. The zero-order valence-corrected chi connectivity index (χ0v) is 70.8. The first kappa shape index (κ1) is 79.7. The van der Waals surface area contributed by atoms with Crippen LogP contribution >= 0.6 is 40.3 Å². The number of nitrogens with zero attached hydrogens (tertiary/aromatic N) is 2. The predicted molar refractivity (Wildman–Crippen MR) is 456 cm³/mol. The minimum absolute atomic E-state index is 0.372. The van der Waals surface area contributed by atoms with E-state index in [9.17, 15) is 0 Å². The second-order valence-corrected chi connectivity index (χ2v) is 59.9. The minimum Gasteiger partial charge on any atom is -0.0654 e. The molecule has 0 spiro atoms. The van der Waals surface area contributed by atoms with Crippen LogP contribution in [0.2, 0.25) is 0 Å². The Labute approximate surface area is 624 Å². The molecule has 0 heterocycles. The van der Waals surface area contributed by atoms with Gasteiger partial charge in [-0.25, -0.2) is 0 Å². The summed E-state index contributed by atoms with van der Waals surface area (Å²) in [5.74, 6) is 2.97. The molecule has 0 aromatic heterocycles. The van der Waals surface area contributed by atoms with Crippen LogP contribution in [0.5, 0.6) is 0 Å². The first-order chi connectivity index (χ1) is 48.1. The number of rotatable bonds is 27. The first-order valence-electron chi connectivity index (χ1n) is 36.8. The van der Waals surface area contributed by atoms with E-state index in [-0.39, 0.29) is 0 Å². The van der Waals surface area contributed by atoms with Crippen molar-refractivity contribution in [1.82, 2.24) is 0 Å². The van der Waals surface area contributed by atoms with Crippen LogP contribution in [0.25, 0.3) is 44.5 Å². The van der Waals surface area contributed by atoms with Crippen molar-refractivity contribution in [2.75, 3.05) is 0 Å². The third-order valence-corrected chi connectivity index (χ3v) is 53.5. The van der Waals surface area contributed by atoms with Crippen molar-refractivity contribution in [1.29, 1.82) is 0 Å². The second kappa shape index (κ2) is 38.0. The van der Waals surface area contributed by atoms with E-state index in [1.165, 1.54) is 143 Å². The fraction of sp³-hybridized carbons (Fsp3) is 0.326. The molecule has 2 nitrogen and oxygen atoms in total. The third kappa shape index (κ3) is 19.2. The Morgan fingerprint density at radius 3 is 0.570 bits per heavy atom. The van der Waals surface area contributed by atoms with E-state index < -0.39 is 22.4 Å². The molecule has 0 aliphatic carbocycles. The van der Waals surface area contributed by atoms with Gasteiger partial charge in [0, 0.05) is 0 Å². The molecule has 0 saturated heterocycles. The summed E-state index contributed by atoms with van der Waals surface area (Å²) in [4.78, 5) is 4.97. The first-order valence-corrected chi connectivity index (χ1v) is 54.3. The molecule has 0 unspecified atom stereocenters. The van der Waals surface area contributed by atoms with Gasteiger partial charge in [0.2, 0.25) is 0 Å². The van der Waals surface area contributed by atoms with Gasteiger partial charge < -0.3 is 0 Å². The molecule has 0 amide bonds. The molecule has 0 fully saturated rings. The van der Waals surface area contributed by atoms with Gasteiger partial charge >= 0.3 is 590 Å². The molecule has 10 aromatic rings. The molecule has 0 bridgehead atoms. The van der Waals surface area contributed by atoms with E-state index in [4.69, 9.17) is 7.90 Å². The van der Waals surface area contributed by atoms with Gasteiger partial charge in [0.05, 0.1) is 0 Å². The van der Waals surface area contributed by atoms with E-state index >= 15 is 0 Å². The molecule has 0 aliphatic heterocycles. The molecule has 0 saturated carbocycles. The summed E-state index contributed by atoms with van der Waals surface area (Å²) >= 11 is -7.45. The van der Waals surface area contributed by atoms with E-state index in [2.05, 4.69) is 369 Å². The summed E-state index contributed by atoms with van der Waals surface area (Å²) in [5, 5.41) is 0. The summed E-state index contributed by atoms with van der Waals surface area (Å²) < 4.78 is 13.6. The fourth-order valence-corrected chi connectivity index (χ4v) is 50.2. The Morgan fingerprint density at radius 1 is 0.250 bits per heavy atom. The van der Waals surface area contributed by atoms with Crippen molar-refractivity contribution in [2.24, 2.45) is 7.90 Å². The number of benzene rings is 10. The molecular formula is C92H112Ge2N2S4. The Balaban J connectivity index is 0.000000235. The normalized spacial score (nSPS) is 11.8. The Morgan fingerprint density at radius 2 is 0.420 bits per heavy atom. The zero-order valence-electron chi connectivity index (χ0n) is 63.3. The van der Waals surface area contributed by atoms with E-state index in [0.29, 0.717) is 47.3 Å². The van der Waals surface area contributed by atoms with Gasteiger partial charge in [-0.05, 0) is 0 Å². The van der Waals surface area contributed by atoms with Gasteiger partial charge in [-0.3, -0.25) is 0 Å². The van der Waals surface area contributed by atoms with Gasteiger partial charge in [0.25, 0.3) is 0 Å². The van der Waals surface area contributed by atoms with Gasteiger partial charge in [0.1, 0.15) is 0 Å². The predicted octanol–water partition coefficient (Wildman–Crippen LogP) is 28.5. The maximum atomic E-state index is 5.41. The van der Waals surface area contributed by atoms with Crippen molar-refractivity contribution in [3.8, 4) is 44.5 Å². The Hall–Kier alpha value is -5.97. The van der Waals surface area contributed by atoms with Crippen molar-refractivity contribution in [3.05, 3.63) is 275 Å². The topological polar surface area (TPSA) is 24.7 Å². The van der Waals surface area contributed by atoms with Crippen LogP contribution in [0.1, 0.15) is 242 Å². The van der Waals surface area contributed by atoms with Crippen molar-refractivity contribution in [3.63, 3.8) is 0 Å². The molecule has 0 atom stereocenters. The monoisotopic (exact) mass is 1520 g/mol. The summed E-state index contributed by atoms with van der Waals surface area (Å²) in [5.41, 5.74) is 22.0. The van der Waals surface area contributed by atoms with Gasteiger partial charge in [-0.1, -0.05) is 39.5 Å². The average Bonchev–Trinajstić information content (AvgIpc) is 0.737. The fourth-order valence-electron chi connectivity index (χ4n) is 13.7. The molecule has 100 heavy (non-hydrogen) atoms. The number of hydrogen-bond acceptors (Lipinski definition) is 6.